The third kappa shape index (κ3) is 4.14. The quantitative estimate of drug-likeness (QED) is 0.531. The molecule has 9 heteroatoms. The lowest BCUT2D eigenvalue weighted by molar-refractivity contribution is -0.384. The van der Waals surface area contributed by atoms with Crippen LogP contribution in [0.1, 0.15) is 13.3 Å². The van der Waals surface area contributed by atoms with Gasteiger partial charge in [-0.3, -0.25) is 19.7 Å². The number of carbonyl (C=O) groups excluding carboxylic acids is 2. The van der Waals surface area contributed by atoms with Crippen LogP contribution < -0.4 is 20.7 Å². The van der Waals surface area contributed by atoms with Crippen LogP contribution in [0.5, 0.6) is 5.75 Å². The average Bonchev–Trinajstić information content (AvgIpc) is 2.63. The lowest BCUT2D eigenvalue weighted by Crippen LogP contribution is -2.41. The van der Waals surface area contributed by atoms with Crippen LogP contribution in [0, 0.1) is 10.1 Å². The van der Waals surface area contributed by atoms with Gasteiger partial charge in [-0.2, -0.15) is 0 Å². The van der Waals surface area contributed by atoms with Crippen molar-refractivity contribution in [1.29, 1.82) is 0 Å². The van der Waals surface area contributed by atoms with E-state index >= 15 is 0 Å². The summed E-state index contributed by atoms with van der Waals surface area (Å²) in [5.74, 6) is -0.522. The number of carbonyl (C=O) groups is 2. The zero-order valence-electron chi connectivity index (χ0n) is 14.5. The summed E-state index contributed by atoms with van der Waals surface area (Å²) in [5, 5.41) is 19.5. The third-order valence-corrected chi connectivity index (χ3v) is 3.97. The highest BCUT2D eigenvalue weighted by molar-refractivity contribution is 6.06. The number of nitrogens with one attached hydrogen (secondary N) is 3. The fourth-order valence-corrected chi connectivity index (χ4v) is 2.75. The lowest BCUT2D eigenvalue weighted by atomic mass is 10.1. The molecule has 0 saturated heterocycles. The summed E-state index contributed by atoms with van der Waals surface area (Å²) in [6.45, 7) is 2.13. The van der Waals surface area contributed by atoms with Crippen molar-refractivity contribution in [3.63, 3.8) is 0 Å². The molecule has 3 rings (SSSR count). The molecule has 1 aliphatic heterocycles. The Morgan fingerprint density at radius 3 is 2.70 bits per heavy atom. The molecule has 0 bridgehead atoms. The van der Waals surface area contributed by atoms with Gasteiger partial charge in [0.1, 0.15) is 17.5 Å². The first kappa shape index (κ1) is 18.2. The molecule has 0 unspecified atom stereocenters. The second kappa shape index (κ2) is 7.73. The molecule has 0 saturated carbocycles. The zero-order chi connectivity index (χ0) is 19.4. The van der Waals surface area contributed by atoms with E-state index in [1.165, 1.54) is 18.2 Å². The van der Waals surface area contributed by atoms with Crippen molar-refractivity contribution < 1.29 is 19.2 Å². The fraction of sp³-hybridized carbons (Fsp3) is 0.222. The van der Waals surface area contributed by atoms with Gasteiger partial charge in [-0.1, -0.05) is 12.1 Å². The Hall–Kier alpha value is -3.62. The number of hydrogen-bond acceptors (Lipinski definition) is 6. The van der Waals surface area contributed by atoms with Gasteiger partial charge in [0, 0.05) is 0 Å². The van der Waals surface area contributed by atoms with Crippen LogP contribution in [-0.4, -0.2) is 29.4 Å². The molecule has 140 valence electrons. The fourth-order valence-electron chi connectivity index (χ4n) is 2.75. The average molecular weight is 370 g/mol. The number of nitro benzene ring substituents is 1. The van der Waals surface area contributed by atoms with Gasteiger partial charge in [0.05, 0.1) is 35.4 Å². The molecule has 1 atom stereocenters. The summed E-state index contributed by atoms with van der Waals surface area (Å²) in [7, 11) is 0. The van der Waals surface area contributed by atoms with E-state index in [1.807, 2.05) is 6.07 Å². The van der Waals surface area contributed by atoms with Crippen LogP contribution in [-0.2, 0) is 9.59 Å². The number of anilines is 3. The Morgan fingerprint density at radius 2 is 2.00 bits per heavy atom. The number of benzene rings is 2. The number of amides is 2. The minimum atomic E-state index is -0.776. The van der Waals surface area contributed by atoms with Gasteiger partial charge in [0.15, 0.2) is 0 Å². The molecule has 2 amide bonds. The Kier molecular flexibility index (Phi) is 5.20. The lowest BCUT2D eigenvalue weighted by Gasteiger charge is -2.26. The number of para-hydroxylation sites is 2. The minimum absolute atomic E-state index is 0.0464. The third-order valence-electron chi connectivity index (χ3n) is 3.97. The van der Waals surface area contributed by atoms with Gasteiger partial charge >= 0.3 is 0 Å². The monoisotopic (exact) mass is 370 g/mol. The molecule has 1 aliphatic rings. The second-order valence-corrected chi connectivity index (χ2v) is 5.85. The predicted octanol–water partition coefficient (Wildman–Crippen LogP) is 2.75. The maximum atomic E-state index is 12.3. The van der Waals surface area contributed by atoms with E-state index in [4.69, 9.17) is 4.74 Å². The van der Waals surface area contributed by atoms with Crippen LogP contribution in [0.25, 0.3) is 0 Å². The van der Waals surface area contributed by atoms with E-state index in [0.29, 0.717) is 23.7 Å². The Morgan fingerprint density at radius 1 is 1.26 bits per heavy atom. The predicted molar refractivity (Wildman–Crippen MR) is 100.0 cm³/mol. The first-order chi connectivity index (χ1) is 13.0. The molecule has 27 heavy (non-hydrogen) atoms. The van der Waals surface area contributed by atoms with Crippen LogP contribution >= 0.6 is 0 Å². The van der Waals surface area contributed by atoms with Crippen molar-refractivity contribution in [1.82, 2.24) is 0 Å². The smallest absolute Gasteiger partial charge is 0.296 e. The van der Waals surface area contributed by atoms with Crippen molar-refractivity contribution in [2.24, 2.45) is 0 Å². The van der Waals surface area contributed by atoms with E-state index in [2.05, 4.69) is 16.0 Å². The van der Waals surface area contributed by atoms with Crippen molar-refractivity contribution in [3.05, 3.63) is 52.6 Å². The van der Waals surface area contributed by atoms with E-state index in [0.717, 1.165) is 0 Å². The van der Waals surface area contributed by atoms with Gasteiger partial charge in [-0.05, 0) is 31.2 Å². The van der Waals surface area contributed by atoms with E-state index in [9.17, 15) is 19.7 Å². The summed E-state index contributed by atoms with van der Waals surface area (Å²) in [5.41, 5.74) is 1.12. The maximum Gasteiger partial charge on any atom is 0.296 e. The van der Waals surface area contributed by atoms with Gasteiger partial charge in [0.2, 0.25) is 11.8 Å². The van der Waals surface area contributed by atoms with Crippen LogP contribution in [0.2, 0.25) is 0 Å². The summed E-state index contributed by atoms with van der Waals surface area (Å²) in [6, 6.07) is 10.6. The topological polar surface area (TPSA) is 123 Å². The summed E-state index contributed by atoms with van der Waals surface area (Å²) in [6.07, 6.45) is -0.176. The first-order valence-corrected chi connectivity index (χ1v) is 8.35. The highest BCUT2D eigenvalue weighted by Crippen LogP contribution is 2.30. The molecular formula is C18H18N4O5. The highest BCUT2D eigenvalue weighted by Gasteiger charge is 2.28. The van der Waals surface area contributed by atoms with Gasteiger partial charge in [0.25, 0.3) is 5.69 Å². The van der Waals surface area contributed by atoms with Crippen molar-refractivity contribution in [3.8, 4) is 5.75 Å². The first-order valence-electron chi connectivity index (χ1n) is 8.35. The van der Waals surface area contributed by atoms with E-state index in [-0.39, 0.29) is 23.7 Å². The molecule has 3 N–H and O–H groups in total. The van der Waals surface area contributed by atoms with Crippen molar-refractivity contribution >= 4 is 34.6 Å². The standard InChI is InChI=1S/C18H18N4O5/c1-2-27-11-7-8-14(16(9-11)22(25)26)20-17(23)10-15-18(24)21-13-6-4-3-5-12(13)19-15/h3-9,15,19H,2,10H2,1H3,(H,20,23)(H,21,24)/t15-/m0/s1. The molecule has 0 radical (unpaired) electrons. The van der Waals surface area contributed by atoms with Crippen LogP contribution in [0.4, 0.5) is 22.7 Å². The Balaban J connectivity index is 1.71. The van der Waals surface area contributed by atoms with Crippen molar-refractivity contribution in [2.75, 3.05) is 22.6 Å². The zero-order valence-corrected chi connectivity index (χ0v) is 14.5. The highest BCUT2D eigenvalue weighted by atomic mass is 16.6. The SMILES string of the molecule is CCOc1ccc(NC(=O)C[C@@H]2Nc3ccccc3NC2=O)c([N+](=O)[O-])c1. The van der Waals surface area contributed by atoms with E-state index < -0.39 is 16.9 Å². The Labute approximate surface area is 154 Å². The molecule has 2 aromatic carbocycles. The number of fused-ring (bicyclic) bond motifs is 1. The molecule has 9 nitrogen and oxygen atoms in total. The number of hydrogen-bond donors (Lipinski definition) is 3. The normalized spacial score (nSPS) is 15.1. The summed E-state index contributed by atoms with van der Waals surface area (Å²) in [4.78, 5) is 35.2. The number of rotatable bonds is 6. The molecule has 2 aromatic rings. The molecule has 0 spiro atoms. The van der Waals surface area contributed by atoms with Crippen LogP contribution in [0.3, 0.4) is 0 Å². The maximum absolute atomic E-state index is 12.3. The number of nitro groups is 1. The molecule has 0 aromatic heterocycles. The molecule has 0 aliphatic carbocycles. The van der Waals surface area contributed by atoms with Gasteiger partial charge in [-0.15, -0.1) is 0 Å². The molecular weight excluding hydrogens is 352 g/mol. The van der Waals surface area contributed by atoms with Gasteiger partial charge < -0.3 is 20.7 Å². The summed E-state index contributed by atoms with van der Waals surface area (Å²) < 4.78 is 5.25. The van der Waals surface area contributed by atoms with Crippen molar-refractivity contribution in [2.45, 2.75) is 19.4 Å². The minimum Gasteiger partial charge on any atom is -0.494 e. The van der Waals surface area contributed by atoms with Gasteiger partial charge in [-0.25, -0.2) is 0 Å². The Bertz CT molecular complexity index is 899. The molecule has 1 heterocycles. The summed E-state index contributed by atoms with van der Waals surface area (Å²) >= 11 is 0. The number of nitrogens with zero attached hydrogens (tertiary/aromatic N) is 1. The van der Waals surface area contributed by atoms with E-state index in [1.54, 1.807) is 25.1 Å². The van der Waals surface area contributed by atoms with Crippen LogP contribution in [0.15, 0.2) is 42.5 Å². The second-order valence-electron chi connectivity index (χ2n) is 5.85. The number of ether oxygens (including phenoxy) is 1. The molecule has 0 fully saturated rings. The largest absolute Gasteiger partial charge is 0.494 e.